The number of amides is 1. The van der Waals surface area contributed by atoms with E-state index in [1.807, 2.05) is 50.2 Å². The van der Waals surface area contributed by atoms with Crippen molar-refractivity contribution in [3.05, 3.63) is 59.4 Å². The van der Waals surface area contributed by atoms with Crippen molar-refractivity contribution in [1.82, 2.24) is 10.3 Å². The minimum absolute atomic E-state index is 0.0251. The maximum Gasteiger partial charge on any atom is 0.270 e. The summed E-state index contributed by atoms with van der Waals surface area (Å²) in [4.78, 5) is 20.1. The van der Waals surface area contributed by atoms with Crippen LogP contribution in [0.5, 0.6) is 0 Å². The molecule has 0 atom stereocenters. The van der Waals surface area contributed by atoms with Crippen molar-refractivity contribution >= 4 is 11.7 Å². The fourth-order valence-electron chi connectivity index (χ4n) is 2.35. The van der Waals surface area contributed by atoms with Crippen LogP contribution in [-0.2, 0) is 10.2 Å². The third kappa shape index (κ3) is 3.99. The summed E-state index contributed by atoms with van der Waals surface area (Å²) in [6, 6.07) is 13.2. The molecule has 1 amide bonds. The number of aromatic nitrogens is 1. The average molecular weight is 321 g/mol. The zero-order valence-corrected chi connectivity index (χ0v) is 14.6. The molecular weight excluding hydrogens is 298 g/mol. The number of pyridine rings is 1. The number of nitrogens with one attached hydrogen (secondary N) is 1. The van der Waals surface area contributed by atoms with Gasteiger partial charge in [-0.3, -0.25) is 4.79 Å². The first-order valence-corrected chi connectivity index (χ1v) is 8.08. The van der Waals surface area contributed by atoms with Gasteiger partial charge in [-0.05, 0) is 37.5 Å². The lowest BCUT2D eigenvalue weighted by Crippen LogP contribution is -2.41. The molecule has 2 rings (SSSR count). The summed E-state index contributed by atoms with van der Waals surface area (Å²) in [6.45, 7) is 15.7. The Morgan fingerprint density at radius 1 is 1.21 bits per heavy atom. The Balaban J connectivity index is 2.21. The topological polar surface area (TPSA) is 46.4 Å². The zero-order valence-electron chi connectivity index (χ0n) is 14.6. The van der Waals surface area contributed by atoms with Crippen LogP contribution in [0.4, 0.5) is 5.82 Å². The number of hydrogen-bond acceptors (Lipinski definition) is 2. The Labute approximate surface area is 143 Å². The fourth-order valence-corrected chi connectivity index (χ4v) is 2.35. The largest absolute Gasteiger partial charge is 0.361 e. The second-order valence-corrected chi connectivity index (χ2v) is 6.80. The van der Waals surface area contributed by atoms with Crippen LogP contribution in [0.2, 0.25) is 0 Å². The number of hydrogen-bond donors (Lipinski definition) is 1. The van der Waals surface area contributed by atoms with Gasteiger partial charge >= 0.3 is 0 Å². The molecule has 1 aromatic carbocycles. The van der Waals surface area contributed by atoms with Gasteiger partial charge in [0, 0.05) is 12.1 Å². The van der Waals surface area contributed by atoms with Gasteiger partial charge < -0.3 is 10.2 Å². The molecule has 0 saturated carbocycles. The Bertz CT molecular complexity index is 755. The molecule has 4 nitrogen and oxygen atoms in total. The average Bonchev–Trinajstić information content (AvgIpc) is 2.59. The highest BCUT2D eigenvalue weighted by molar-refractivity contribution is 5.87. The van der Waals surface area contributed by atoms with E-state index >= 15 is 0 Å². The van der Waals surface area contributed by atoms with Gasteiger partial charge in [0.05, 0.1) is 5.41 Å². The number of carbonyl (C=O) groups excluding carboxylic acids is 1. The molecule has 0 spiro atoms. The highest BCUT2D eigenvalue weighted by Gasteiger charge is 2.29. The first kappa shape index (κ1) is 17.7. The molecule has 0 bridgehead atoms. The van der Waals surface area contributed by atoms with Crippen molar-refractivity contribution in [2.45, 2.75) is 33.1 Å². The first-order valence-electron chi connectivity index (χ1n) is 8.08. The molecule has 24 heavy (non-hydrogen) atoms. The van der Waals surface area contributed by atoms with Crippen molar-refractivity contribution in [1.29, 1.82) is 0 Å². The van der Waals surface area contributed by atoms with Crippen LogP contribution in [0.3, 0.4) is 0 Å². The van der Waals surface area contributed by atoms with Crippen molar-refractivity contribution in [2.75, 3.05) is 6.54 Å². The molecule has 1 N–H and O–H groups in total. The number of nitrogens with zero attached hydrogens (tertiary/aromatic N) is 2. The minimum atomic E-state index is -0.598. The molecule has 0 aliphatic carbocycles. The summed E-state index contributed by atoms with van der Waals surface area (Å²) < 4.78 is 0. The third-order valence-corrected chi connectivity index (χ3v) is 3.99. The van der Waals surface area contributed by atoms with E-state index < -0.39 is 5.41 Å². The molecule has 1 heterocycles. The van der Waals surface area contributed by atoms with Gasteiger partial charge in [-0.1, -0.05) is 50.8 Å². The van der Waals surface area contributed by atoms with Gasteiger partial charge in [0.1, 0.15) is 0 Å². The molecule has 1 aromatic heterocycles. The van der Waals surface area contributed by atoms with E-state index in [1.54, 1.807) is 6.07 Å². The van der Waals surface area contributed by atoms with Crippen LogP contribution in [0.15, 0.2) is 42.5 Å². The summed E-state index contributed by atoms with van der Waals surface area (Å²) in [5.41, 5.74) is 2.05. The lowest BCUT2D eigenvalue weighted by atomic mass is 9.83. The molecule has 2 aromatic rings. The molecule has 4 heteroatoms. The Morgan fingerprint density at radius 2 is 1.88 bits per heavy atom. The van der Waals surface area contributed by atoms with Gasteiger partial charge in [-0.2, -0.15) is 0 Å². The summed E-state index contributed by atoms with van der Waals surface area (Å²) in [5.74, 6) is 0.829. The predicted molar refractivity (Wildman–Crippen MR) is 96.8 cm³/mol. The number of benzene rings is 1. The standard InChI is InChI=1S/C20H23N3O/c1-14(2)13-22-19(24)20(3,4)16-11-9-15(10-12-16)17-7-6-8-18(21-5)23-17/h6-12,14H,13H2,1-4H3,(H,22,24). The molecule has 0 aliphatic heterocycles. The van der Waals surface area contributed by atoms with Crippen LogP contribution in [0.25, 0.3) is 16.1 Å². The molecule has 0 fully saturated rings. The Kier molecular flexibility index (Phi) is 5.35. The summed E-state index contributed by atoms with van der Waals surface area (Å²) in [5, 5.41) is 3.00. The smallest absolute Gasteiger partial charge is 0.270 e. The minimum Gasteiger partial charge on any atom is -0.361 e. The highest BCUT2D eigenvalue weighted by atomic mass is 16.2. The van der Waals surface area contributed by atoms with E-state index in [4.69, 9.17) is 6.57 Å². The van der Waals surface area contributed by atoms with Crippen LogP contribution >= 0.6 is 0 Å². The lowest BCUT2D eigenvalue weighted by molar-refractivity contribution is -0.125. The van der Waals surface area contributed by atoms with Crippen molar-refractivity contribution in [3.63, 3.8) is 0 Å². The number of carbonyl (C=O) groups is 1. The van der Waals surface area contributed by atoms with E-state index in [-0.39, 0.29) is 5.91 Å². The van der Waals surface area contributed by atoms with E-state index in [0.29, 0.717) is 18.3 Å². The van der Waals surface area contributed by atoms with Crippen molar-refractivity contribution in [3.8, 4) is 11.3 Å². The first-order chi connectivity index (χ1) is 11.3. The van der Waals surface area contributed by atoms with Gasteiger partial charge in [0.2, 0.25) is 5.91 Å². The highest BCUT2D eigenvalue weighted by Crippen LogP contribution is 2.27. The fraction of sp³-hybridized carbons (Fsp3) is 0.350. The van der Waals surface area contributed by atoms with Crippen LogP contribution in [0, 0.1) is 12.5 Å². The van der Waals surface area contributed by atoms with Crippen LogP contribution in [0.1, 0.15) is 33.3 Å². The predicted octanol–water partition coefficient (Wildman–Crippen LogP) is 4.35. The SMILES string of the molecule is [C-]#[N+]c1cccc(-c2ccc(C(C)(C)C(=O)NCC(C)C)cc2)n1. The quantitative estimate of drug-likeness (QED) is 0.832. The molecule has 0 saturated heterocycles. The zero-order chi connectivity index (χ0) is 17.7. The van der Waals surface area contributed by atoms with Gasteiger partial charge in [-0.15, -0.1) is 4.98 Å². The van der Waals surface area contributed by atoms with E-state index in [0.717, 1.165) is 16.8 Å². The Hall–Kier alpha value is -2.67. The number of rotatable bonds is 5. The lowest BCUT2D eigenvalue weighted by Gasteiger charge is -2.25. The second-order valence-electron chi connectivity index (χ2n) is 6.80. The van der Waals surface area contributed by atoms with Gasteiger partial charge in [0.25, 0.3) is 5.82 Å². The van der Waals surface area contributed by atoms with Crippen LogP contribution in [-0.4, -0.2) is 17.4 Å². The molecule has 124 valence electrons. The van der Waals surface area contributed by atoms with E-state index in [9.17, 15) is 4.79 Å². The Morgan fingerprint density at radius 3 is 2.46 bits per heavy atom. The maximum absolute atomic E-state index is 12.5. The monoisotopic (exact) mass is 321 g/mol. The van der Waals surface area contributed by atoms with Crippen molar-refractivity contribution < 1.29 is 4.79 Å². The summed E-state index contributed by atoms with van der Waals surface area (Å²) >= 11 is 0. The normalized spacial score (nSPS) is 11.2. The van der Waals surface area contributed by atoms with Gasteiger partial charge in [0.15, 0.2) is 5.69 Å². The molecular formula is C20H23N3O. The second kappa shape index (κ2) is 7.27. The molecule has 0 unspecified atom stereocenters. The summed E-state index contributed by atoms with van der Waals surface area (Å²) in [7, 11) is 0. The van der Waals surface area contributed by atoms with Crippen molar-refractivity contribution in [2.24, 2.45) is 5.92 Å². The van der Waals surface area contributed by atoms with Crippen LogP contribution < -0.4 is 5.32 Å². The summed E-state index contributed by atoms with van der Waals surface area (Å²) in [6.07, 6.45) is 0. The maximum atomic E-state index is 12.5. The third-order valence-electron chi connectivity index (χ3n) is 3.99. The van der Waals surface area contributed by atoms with E-state index in [1.165, 1.54) is 0 Å². The molecule has 0 aliphatic rings. The van der Waals surface area contributed by atoms with Gasteiger partial charge in [-0.25, -0.2) is 0 Å². The van der Waals surface area contributed by atoms with E-state index in [2.05, 4.69) is 29.0 Å². The molecule has 0 radical (unpaired) electrons.